The Kier molecular flexibility index (Phi) is 2.47. The maximum Gasteiger partial charge on any atom is 0.252 e. The molecule has 66 valence electrons. The molecule has 0 saturated heterocycles. The molecule has 1 aliphatic carbocycles. The zero-order valence-electron chi connectivity index (χ0n) is 5.96. The van der Waals surface area contributed by atoms with Gasteiger partial charge in [-0.25, -0.2) is 17.2 Å². The topological polar surface area (TPSA) is 34.1 Å². The highest BCUT2D eigenvalue weighted by atomic mass is 32.2. The summed E-state index contributed by atoms with van der Waals surface area (Å²) in [6.07, 6.45) is -0.738. The molecule has 0 radical (unpaired) electrons. The Labute approximate surface area is 64.5 Å². The standard InChI is InChI=1S/C6H10F2O2S/c7-6(8)4-11(9,10)5-2-1-3-5/h5-6H,1-4H2. The van der Waals surface area contributed by atoms with Crippen LogP contribution < -0.4 is 0 Å². The second-order valence-corrected chi connectivity index (χ2v) is 5.10. The van der Waals surface area contributed by atoms with Crippen LogP contribution in [-0.2, 0) is 9.84 Å². The van der Waals surface area contributed by atoms with Crippen molar-refractivity contribution in [1.29, 1.82) is 0 Å². The third-order valence-corrected chi connectivity index (χ3v) is 4.12. The molecule has 0 N–H and O–H groups in total. The van der Waals surface area contributed by atoms with E-state index in [-0.39, 0.29) is 0 Å². The Morgan fingerprint density at radius 2 is 1.91 bits per heavy atom. The molecule has 2 nitrogen and oxygen atoms in total. The first-order valence-corrected chi connectivity index (χ1v) is 5.23. The van der Waals surface area contributed by atoms with E-state index in [9.17, 15) is 17.2 Å². The van der Waals surface area contributed by atoms with Gasteiger partial charge in [-0.05, 0) is 12.8 Å². The Balaban J connectivity index is 2.52. The highest BCUT2D eigenvalue weighted by Gasteiger charge is 2.33. The Hall–Kier alpha value is -0.190. The van der Waals surface area contributed by atoms with Crippen LogP contribution >= 0.6 is 0 Å². The molecule has 0 aromatic heterocycles. The van der Waals surface area contributed by atoms with Gasteiger partial charge < -0.3 is 0 Å². The van der Waals surface area contributed by atoms with Crippen LogP contribution in [0.1, 0.15) is 19.3 Å². The van der Waals surface area contributed by atoms with Gasteiger partial charge in [0.05, 0.1) is 5.25 Å². The molecule has 0 amide bonds. The number of alkyl halides is 2. The van der Waals surface area contributed by atoms with Crippen LogP contribution in [0.5, 0.6) is 0 Å². The fourth-order valence-corrected chi connectivity index (χ4v) is 2.72. The highest BCUT2D eigenvalue weighted by molar-refractivity contribution is 7.92. The molecule has 5 heteroatoms. The lowest BCUT2D eigenvalue weighted by Crippen LogP contribution is -2.32. The lowest BCUT2D eigenvalue weighted by Gasteiger charge is -2.24. The molecule has 0 heterocycles. The molecule has 0 bridgehead atoms. The summed E-state index contributed by atoms with van der Waals surface area (Å²) in [6.45, 7) is 0. The van der Waals surface area contributed by atoms with Crippen molar-refractivity contribution in [2.45, 2.75) is 30.9 Å². The van der Waals surface area contributed by atoms with Crippen LogP contribution in [0.3, 0.4) is 0 Å². The second kappa shape index (κ2) is 3.05. The largest absolute Gasteiger partial charge is 0.252 e. The Morgan fingerprint density at radius 1 is 1.36 bits per heavy atom. The average Bonchev–Trinajstić information content (AvgIpc) is 1.50. The first-order chi connectivity index (χ1) is 5.02. The van der Waals surface area contributed by atoms with E-state index in [1.807, 2.05) is 0 Å². The van der Waals surface area contributed by atoms with Crippen LogP contribution in [0.2, 0.25) is 0 Å². The molecule has 0 atom stereocenters. The lowest BCUT2D eigenvalue weighted by atomic mass is 10.0. The van der Waals surface area contributed by atoms with Crippen molar-refractivity contribution < 1.29 is 17.2 Å². The number of rotatable bonds is 3. The van der Waals surface area contributed by atoms with Gasteiger partial charge in [0.25, 0.3) is 6.43 Å². The molecule has 0 aromatic carbocycles. The minimum atomic E-state index is -3.47. The highest BCUT2D eigenvalue weighted by Crippen LogP contribution is 2.27. The Morgan fingerprint density at radius 3 is 2.18 bits per heavy atom. The van der Waals surface area contributed by atoms with Crippen molar-refractivity contribution in [2.75, 3.05) is 5.75 Å². The summed E-state index contributed by atoms with van der Waals surface area (Å²) in [5, 5.41) is -0.475. The van der Waals surface area contributed by atoms with Crippen LogP contribution in [0.4, 0.5) is 8.78 Å². The number of sulfone groups is 1. The van der Waals surface area contributed by atoms with E-state index in [1.165, 1.54) is 0 Å². The summed E-state index contributed by atoms with van der Waals surface area (Å²) < 4.78 is 45.2. The summed E-state index contributed by atoms with van der Waals surface area (Å²) in [5.74, 6) is -0.961. The predicted octanol–water partition coefficient (Wildman–Crippen LogP) is 1.22. The van der Waals surface area contributed by atoms with Gasteiger partial charge in [-0.3, -0.25) is 0 Å². The van der Waals surface area contributed by atoms with E-state index >= 15 is 0 Å². The van der Waals surface area contributed by atoms with Gasteiger partial charge in [0.2, 0.25) is 0 Å². The summed E-state index contributed by atoms with van der Waals surface area (Å²) in [7, 11) is -3.47. The first kappa shape index (κ1) is 8.90. The second-order valence-electron chi connectivity index (χ2n) is 2.77. The van der Waals surface area contributed by atoms with Crippen molar-refractivity contribution >= 4 is 9.84 Å². The monoisotopic (exact) mass is 184 g/mol. The third kappa shape index (κ3) is 2.12. The SMILES string of the molecule is O=S(=O)(CC(F)F)C1CCC1. The molecule has 0 aromatic rings. The van der Waals surface area contributed by atoms with Crippen molar-refractivity contribution in [3.05, 3.63) is 0 Å². The van der Waals surface area contributed by atoms with Gasteiger partial charge in [0, 0.05) is 0 Å². The minimum Gasteiger partial charge on any atom is -0.228 e. The van der Waals surface area contributed by atoms with Gasteiger partial charge in [0.15, 0.2) is 9.84 Å². The molecule has 11 heavy (non-hydrogen) atoms. The smallest absolute Gasteiger partial charge is 0.228 e. The predicted molar refractivity (Wildman–Crippen MR) is 37.4 cm³/mol. The Bertz CT molecular complexity index is 219. The summed E-state index contributed by atoms with van der Waals surface area (Å²) in [6, 6.07) is 0. The minimum absolute atomic E-state index is 0.475. The number of hydrogen-bond acceptors (Lipinski definition) is 2. The fraction of sp³-hybridized carbons (Fsp3) is 1.00. The maximum atomic E-state index is 11.7. The van der Waals surface area contributed by atoms with E-state index in [0.717, 1.165) is 6.42 Å². The van der Waals surface area contributed by atoms with Gasteiger partial charge >= 0.3 is 0 Å². The van der Waals surface area contributed by atoms with Gasteiger partial charge in [-0.2, -0.15) is 0 Å². The zero-order chi connectivity index (χ0) is 8.48. The van der Waals surface area contributed by atoms with Crippen molar-refractivity contribution in [2.24, 2.45) is 0 Å². The normalized spacial score (nSPS) is 20.3. The van der Waals surface area contributed by atoms with Crippen LogP contribution in [0.15, 0.2) is 0 Å². The summed E-state index contributed by atoms with van der Waals surface area (Å²) >= 11 is 0. The molecule has 1 rings (SSSR count). The molecular formula is C6H10F2O2S. The van der Waals surface area contributed by atoms with E-state index < -0.39 is 27.3 Å². The van der Waals surface area contributed by atoms with Gasteiger partial charge in [0.1, 0.15) is 5.75 Å². The van der Waals surface area contributed by atoms with Crippen molar-refractivity contribution in [3.63, 3.8) is 0 Å². The van der Waals surface area contributed by atoms with Crippen LogP contribution in [0.25, 0.3) is 0 Å². The molecule has 0 aliphatic heterocycles. The van der Waals surface area contributed by atoms with E-state index in [4.69, 9.17) is 0 Å². The molecule has 0 unspecified atom stereocenters. The molecular weight excluding hydrogens is 174 g/mol. The van der Waals surface area contributed by atoms with E-state index in [0.29, 0.717) is 12.8 Å². The van der Waals surface area contributed by atoms with Crippen LogP contribution in [0, 0.1) is 0 Å². The number of halogens is 2. The van der Waals surface area contributed by atoms with E-state index in [1.54, 1.807) is 0 Å². The van der Waals surface area contributed by atoms with E-state index in [2.05, 4.69) is 0 Å². The zero-order valence-corrected chi connectivity index (χ0v) is 6.78. The third-order valence-electron chi connectivity index (χ3n) is 1.92. The van der Waals surface area contributed by atoms with Gasteiger partial charge in [-0.15, -0.1) is 0 Å². The molecule has 1 aliphatic rings. The van der Waals surface area contributed by atoms with Crippen molar-refractivity contribution in [1.82, 2.24) is 0 Å². The summed E-state index contributed by atoms with van der Waals surface area (Å²) in [5.41, 5.74) is 0. The quantitative estimate of drug-likeness (QED) is 0.660. The number of hydrogen-bond donors (Lipinski definition) is 0. The maximum absolute atomic E-state index is 11.7. The van der Waals surface area contributed by atoms with Crippen molar-refractivity contribution in [3.8, 4) is 0 Å². The lowest BCUT2D eigenvalue weighted by molar-refractivity contribution is 0.173. The molecule has 1 saturated carbocycles. The van der Waals surface area contributed by atoms with Gasteiger partial charge in [-0.1, -0.05) is 6.42 Å². The fourth-order valence-electron chi connectivity index (χ4n) is 1.04. The molecule has 1 fully saturated rings. The summed E-state index contributed by atoms with van der Waals surface area (Å²) in [4.78, 5) is 0. The molecule has 0 spiro atoms. The average molecular weight is 184 g/mol. The van der Waals surface area contributed by atoms with Crippen LogP contribution in [-0.4, -0.2) is 25.8 Å². The first-order valence-electron chi connectivity index (χ1n) is 3.52.